The number of halogens is 3. The summed E-state index contributed by atoms with van der Waals surface area (Å²) in [5.41, 5.74) is 0.211. The molecule has 0 saturated carbocycles. The quantitative estimate of drug-likeness (QED) is 0.896. The van der Waals surface area contributed by atoms with Gasteiger partial charge < -0.3 is 9.80 Å². The number of hydrogen-bond acceptors (Lipinski definition) is 5. The number of amides is 1. The first-order valence-corrected chi connectivity index (χ1v) is 7.30. The van der Waals surface area contributed by atoms with E-state index in [2.05, 4.69) is 20.2 Å². The van der Waals surface area contributed by atoms with Crippen LogP contribution < -0.4 is 4.90 Å². The van der Waals surface area contributed by atoms with Crippen molar-refractivity contribution in [3.8, 4) is 0 Å². The molecule has 0 bridgehead atoms. The maximum absolute atomic E-state index is 12.7. The van der Waals surface area contributed by atoms with E-state index in [0.29, 0.717) is 37.4 Å². The van der Waals surface area contributed by atoms with Gasteiger partial charge in [-0.2, -0.15) is 18.3 Å². The van der Waals surface area contributed by atoms with Gasteiger partial charge in [-0.1, -0.05) is 0 Å². The van der Waals surface area contributed by atoms with E-state index in [4.69, 9.17) is 0 Å². The molecule has 7 nitrogen and oxygen atoms in total. The molecular weight excluding hydrogens is 325 g/mol. The Hall–Kier alpha value is -2.65. The van der Waals surface area contributed by atoms with Crippen molar-refractivity contribution < 1.29 is 18.0 Å². The highest BCUT2D eigenvalue weighted by Gasteiger charge is 2.33. The average molecular weight is 340 g/mol. The highest BCUT2D eigenvalue weighted by molar-refractivity contribution is 5.95. The van der Waals surface area contributed by atoms with Crippen LogP contribution in [-0.2, 0) is 6.18 Å². The Labute approximate surface area is 135 Å². The van der Waals surface area contributed by atoms with E-state index in [-0.39, 0.29) is 11.9 Å². The van der Waals surface area contributed by atoms with Crippen molar-refractivity contribution in [2.24, 2.45) is 0 Å². The van der Waals surface area contributed by atoms with Crippen LogP contribution in [0.4, 0.5) is 19.1 Å². The second-order valence-electron chi connectivity index (χ2n) is 5.43. The molecule has 128 valence electrons. The summed E-state index contributed by atoms with van der Waals surface area (Å²) < 4.78 is 38.2. The first kappa shape index (κ1) is 16.2. The summed E-state index contributed by atoms with van der Waals surface area (Å²) in [6.07, 6.45) is -1.94. The molecule has 10 heteroatoms. The van der Waals surface area contributed by atoms with E-state index in [9.17, 15) is 18.0 Å². The van der Waals surface area contributed by atoms with Crippen LogP contribution in [0.2, 0.25) is 0 Å². The lowest BCUT2D eigenvalue weighted by molar-refractivity contribution is -0.141. The molecule has 0 aromatic carbocycles. The Bertz CT molecular complexity index is 736. The largest absolute Gasteiger partial charge is 0.433 e. The number of hydrogen-bond donors (Lipinski definition) is 1. The zero-order valence-electron chi connectivity index (χ0n) is 12.8. The lowest BCUT2D eigenvalue weighted by Crippen LogP contribution is -2.49. The van der Waals surface area contributed by atoms with E-state index in [0.717, 1.165) is 12.3 Å². The fraction of sp³-hybridized carbons (Fsp3) is 0.429. The number of H-pyrrole nitrogens is 1. The summed E-state index contributed by atoms with van der Waals surface area (Å²) in [6.45, 7) is 3.24. The fourth-order valence-corrected chi connectivity index (χ4v) is 2.50. The standard InChI is InChI=1S/C14H15F3N6O/c1-9-10(8-19-21-9)12(24)22-4-6-23(7-5-22)13-18-3-2-11(20-13)14(15,16)17/h2-3,8H,4-7H2,1H3,(H,19,21). The first-order chi connectivity index (χ1) is 11.4. The fourth-order valence-electron chi connectivity index (χ4n) is 2.50. The third kappa shape index (κ3) is 3.17. The predicted octanol–water partition coefficient (Wildman–Crippen LogP) is 1.49. The number of nitrogens with one attached hydrogen (secondary N) is 1. The molecule has 1 fully saturated rings. The van der Waals surface area contributed by atoms with Crippen molar-refractivity contribution in [1.82, 2.24) is 25.1 Å². The van der Waals surface area contributed by atoms with E-state index >= 15 is 0 Å². The van der Waals surface area contributed by atoms with Gasteiger partial charge in [0, 0.05) is 38.1 Å². The van der Waals surface area contributed by atoms with Crippen LogP contribution >= 0.6 is 0 Å². The summed E-state index contributed by atoms with van der Waals surface area (Å²) in [4.78, 5) is 23.1. The molecule has 0 spiro atoms. The number of aromatic amines is 1. The number of carbonyl (C=O) groups is 1. The summed E-state index contributed by atoms with van der Waals surface area (Å²) >= 11 is 0. The van der Waals surface area contributed by atoms with Gasteiger partial charge in [-0.3, -0.25) is 9.89 Å². The molecule has 1 N–H and O–H groups in total. The molecule has 0 radical (unpaired) electrons. The summed E-state index contributed by atoms with van der Waals surface area (Å²) in [5, 5.41) is 6.53. The van der Waals surface area contributed by atoms with Crippen molar-refractivity contribution in [2.45, 2.75) is 13.1 Å². The van der Waals surface area contributed by atoms with Gasteiger partial charge in [-0.25, -0.2) is 9.97 Å². The minimum Gasteiger partial charge on any atom is -0.337 e. The van der Waals surface area contributed by atoms with Crippen LogP contribution in [0.1, 0.15) is 21.7 Å². The second-order valence-corrected chi connectivity index (χ2v) is 5.43. The van der Waals surface area contributed by atoms with Crippen LogP contribution in [0.5, 0.6) is 0 Å². The highest BCUT2D eigenvalue weighted by Crippen LogP contribution is 2.28. The van der Waals surface area contributed by atoms with Gasteiger partial charge in [0.1, 0.15) is 5.69 Å². The lowest BCUT2D eigenvalue weighted by atomic mass is 10.2. The molecule has 1 saturated heterocycles. The van der Waals surface area contributed by atoms with Crippen molar-refractivity contribution >= 4 is 11.9 Å². The lowest BCUT2D eigenvalue weighted by Gasteiger charge is -2.34. The van der Waals surface area contributed by atoms with Crippen molar-refractivity contribution in [3.63, 3.8) is 0 Å². The smallest absolute Gasteiger partial charge is 0.337 e. The molecule has 1 aliphatic rings. The van der Waals surface area contributed by atoms with Crippen LogP contribution in [0, 0.1) is 6.92 Å². The third-order valence-corrected chi connectivity index (χ3v) is 3.84. The predicted molar refractivity (Wildman–Crippen MR) is 78.5 cm³/mol. The highest BCUT2D eigenvalue weighted by atomic mass is 19.4. The van der Waals surface area contributed by atoms with Gasteiger partial charge in [-0.15, -0.1) is 0 Å². The number of anilines is 1. The number of aryl methyl sites for hydroxylation is 1. The molecule has 2 aromatic heterocycles. The molecule has 0 atom stereocenters. The van der Waals surface area contributed by atoms with Gasteiger partial charge >= 0.3 is 6.18 Å². The van der Waals surface area contributed by atoms with Gasteiger partial charge in [0.25, 0.3) is 5.91 Å². The van der Waals surface area contributed by atoms with Crippen LogP contribution in [0.25, 0.3) is 0 Å². The topological polar surface area (TPSA) is 78.0 Å². The van der Waals surface area contributed by atoms with E-state index in [1.54, 1.807) is 16.7 Å². The summed E-state index contributed by atoms with van der Waals surface area (Å²) in [5.74, 6) is -0.123. The normalized spacial score (nSPS) is 15.7. The first-order valence-electron chi connectivity index (χ1n) is 7.30. The molecular formula is C14H15F3N6O. The van der Waals surface area contributed by atoms with Gasteiger partial charge in [0.05, 0.1) is 11.8 Å². The van der Waals surface area contributed by atoms with Crippen molar-refractivity contribution in [2.75, 3.05) is 31.1 Å². The van der Waals surface area contributed by atoms with Gasteiger partial charge in [-0.05, 0) is 13.0 Å². The van der Waals surface area contributed by atoms with Crippen molar-refractivity contribution in [3.05, 3.63) is 35.4 Å². The monoisotopic (exact) mass is 340 g/mol. The molecule has 24 heavy (non-hydrogen) atoms. The second kappa shape index (κ2) is 6.10. The minimum atomic E-state index is -4.51. The number of nitrogens with zero attached hydrogens (tertiary/aromatic N) is 5. The Kier molecular flexibility index (Phi) is 4.12. The molecule has 3 rings (SSSR count). The average Bonchev–Trinajstić information content (AvgIpc) is 3.00. The Morgan fingerprint density at radius 3 is 2.54 bits per heavy atom. The maximum Gasteiger partial charge on any atom is 0.433 e. The molecule has 0 aliphatic carbocycles. The minimum absolute atomic E-state index is 0.0245. The Morgan fingerprint density at radius 2 is 1.96 bits per heavy atom. The SMILES string of the molecule is Cc1[nH]ncc1C(=O)N1CCN(c2nccc(C(F)(F)F)n2)CC1. The van der Waals surface area contributed by atoms with Gasteiger partial charge in [0.15, 0.2) is 0 Å². The van der Waals surface area contributed by atoms with E-state index < -0.39 is 11.9 Å². The van der Waals surface area contributed by atoms with Crippen LogP contribution in [0.3, 0.4) is 0 Å². The molecule has 1 amide bonds. The third-order valence-electron chi connectivity index (χ3n) is 3.84. The number of rotatable bonds is 2. The van der Waals surface area contributed by atoms with Crippen LogP contribution in [-0.4, -0.2) is 57.2 Å². The van der Waals surface area contributed by atoms with Crippen molar-refractivity contribution in [1.29, 1.82) is 0 Å². The Morgan fingerprint density at radius 1 is 1.25 bits per heavy atom. The Balaban J connectivity index is 1.67. The maximum atomic E-state index is 12.7. The van der Waals surface area contributed by atoms with Crippen LogP contribution in [0.15, 0.2) is 18.5 Å². The zero-order chi connectivity index (χ0) is 17.3. The zero-order valence-corrected chi connectivity index (χ0v) is 12.8. The summed E-state index contributed by atoms with van der Waals surface area (Å²) in [7, 11) is 0. The number of alkyl halides is 3. The number of piperazine rings is 1. The van der Waals surface area contributed by atoms with E-state index in [1.807, 2.05) is 0 Å². The molecule has 0 unspecified atom stereocenters. The van der Waals surface area contributed by atoms with E-state index in [1.165, 1.54) is 6.20 Å². The number of carbonyl (C=O) groups excluding carboxylic acids is 1. The molecule has 3 heterocycles. The summed E-state index contributed by atoms with van der Waals surface area (Å²) in [6, 6.07) is 0.838. The van der Waals surface area contributed by atoms with Gasteiger partial charge in [0.2, 0.25) is 5.95 Å². The molecule has 1 aliphatic heterocycles. The molecule has 2 aromatic rings. The number of aromatic nitrogens is 4.